The van der Waals surface area contributed by atoms with Crippen molar-refractivity contribution in [1.82, 2.24) is 0 Å². The van der Waals surface area contributed by atoms with Crippen LogP contribution in [0.3, 0.4) is 0 Å². The van der Waals surface area contributed by atoms with Crippen LogP contribution in [0, 0.1) is 0 Å². The lowest BCUT2D eigenvalue weighted by atomic mass is 10.1. The van der Waals surface area contributed by atoms with E-state index in [1.165, 1.54) is 10.4 Å². The summed E-state index contributed by atoms with van der Waals surface area (Å²) in [5.41, 5.74) is 6.79. The molecule has 1 aliphatic rings. The van der Waals surface area contributed by atoms with Gasteiger partial charge in [-0.3, -0.25) is 0 Å². The average Bonchev–Trinajstić information content (AvgIpc) is 2.60. The van der Waals surface area contributed by atoms with Gasteiger partial charge >= 0.3 is 0 Å². The van der Waals surface area contributed by atoms with Gasteiger partial charge in [0, 0.05) is 28.8 Å². The van der Waals surface area contributed by atoms with E-state index in [2.05, 4.69) is 0 Å². The fourth-order valence-corrected chi connectivity index (χ4v) is 2.67. The van der Waals surface area contributed by atoms with Gasteiger partial charge in [-0.15, -0.1) is 11.3 Å². The zero-order valence-corrected chi connectivity index (χ0v) is 8.39. The molecule has 0 bridgehead atoms. The molecule has 2 rings (SSSR count). The molecule has 2 N–H and O–H groups in total. The molecule has 0 spiro atoms. The van der Waals surface area contributed by atoms with Gasteiger partial charge in [-0.25, -0.2) is 0 Å². The Morgan fingerprint density at radius 1 is 1.77 bits per heavy atom. The molecule has 0 aliphatic carbocycles. The summed E-state index contributed by atoms with van der Waals surface area (Å²) in [6.07, 6.45) is 1.02. The second-order valence-corrected chi connectivity index (χ2v) is 3.95. The molecule has 0 saturated heterocycles. The minimum absolute atomic E-state index is 0.0324. The number of fused-ring (bicyclic) bond motifs is 1. The Hall–Kier alpha value is -0.580. The molecule has 1 unspecified atom stereocenters. The molecule has 3 nitrogen and oxygen atoms in total. The minimum Gasteiger partial charge on any atom is -0.495 e. The van der Waals surface area contributed by atoms with Gasteiger partial charge in [0.1, 0.15) is 5.75 Å². The molecule has 4 heteroatoms. The predicted molar refractivity (Wildman–Crippen MR) is 52.3 cm³/mol. The summed E-state index contributed by atoms with van der Waals surface area (Å²) < 4.78 is 10.8. The highest BCUT2D eigenvalue weighted by Crippen LogP contribution is 2.38. The minimum atomic E-state index is 0.0324. The molecular formula is C9H13NO2S. The number of ether oxygens (including phenoxy) is 2. The van der Waals surface area contributed by atoms with Crippen LogP contribution in [0.5, 0.6) is 5.75 Å². The monoisotopic (exact) mass is 199 g/mol. The fourth-order valence-electron chi connectivity index (χ4n) is 1.64. The Bertz CT molecular complexity index is 284. The maximum absolute atomic E-state index is 5.62. The molecule has 13 heavy (non-hydrogen) atoms. The third-order valence-electron chi connectivity index (χ3n) is 2.28. The number of nitrogens with two attached hydrogens (primary N) is 1. The van der Waals surface area contributed by atoms with Gasteiger partial charge in [-0.2, -0.15) is 0 Å². The molecule has 0 amide bonds. The summed E-state index contributed by atoms with van der Waals surface area (Å²) in [6.45, 7) is 1.30. The van der Waals surface area contributed by atoms with E-state index in [-0.39, 0.29) is 6.10 Å². The van der Waals surface area contributed by atoms with Gasteiger partial charge in [-0.05, 0) is 0 Å². The van der Waals surface area contributed by atoms with Crippen molar-refractivity contribution in [3.63, 3.8) is 0 Å². The summed E-state index contributed by atoms with van der Waals surface area (Å²) in [5, 5.41) is 2.03. The van der Waals surface area contributed by atoms with Gasteiger partial charge < -0.3 is 15.2 Å². The molecule has 1 aliphatic heterocycles. The van der Waals surface area contributed by atoms with Gasteiger partial charge in [0.15, 0.2) is 0 Å². The summed E-state index contributed by atoms with van der Waals surface area (Å²) >= 11 is 1.74. The lowest BCUT2D eigenvalue weighted by Crippen LogP contribution is -2.22. The third-order valence-corrected chi connectivity index (χ3v) is 3.32. The first-order valence-electron chi connectivity index (χ1n) is 4.32. The van der Waals surface area contributed by atoms with Crippen molar-refractivity contribution in [3.05, 3.63) is 15.8 Å². The van der Waals surface area contributed by atoms with Crippen molar-refractivity contribution in [2.75, 3.05) is 20.3 Å². The molecular weight excluding hydrogens is 186 g/mol. The van der Waals surface area contributed by atoms with E-state index in [1.54, 1.807) is 18.4 Å². The summed E-state index contributed by atoms with van der Waals surface area (Å²) in [4.78, 5) is 1.36. The lowest BCUT2D eigenvalue weighted by Gasteiger charge is -2.22. The van der Waals surface area contributed by atoms with E-state index >= 15 is 0 Å². The molecule has 0 radical (unpaired) electrons. The molecule has 1 atom stereocenters. The molecule has 1 aromatic heterocycles. The van der Waals surface area contributed by atoms with Crippen LogP contribution in [0.1, 0.15) is 16.5 Å². The average molecular weight is 199 g/mol. The van der Waals surface area contributed by atoms with Crippen LogP contribution in [0.25, 0.3) is 0 Å². The van der Waals surface area contributed by atoms with Gasteiger partial charge in [0.25, 0.3) is 0 Å². The highest BCUT2D eigenvalue weighted by molar-refractivity contribution is 7.10. The van der Waals surface area contributed by atoms with Gasteiger partial charge in [0.05, 0.1) is 19.8 Å². The van der Waals surface area contributed by atoms with Crippen molar-refractivity contribution in [2.24, 2.45) is 5.73 Å². The molecule has 0 saturated carbocycles. The maximum Gasteiger partial charge on any atom is 0.135 e. The zero-order valence-electron chi connectivity index (χ0n) is 7.58. The van der Waals surface area contributed by atoms with Crippen molar-refractivity contribution < 1.29 is 9.47 Å². The summed E-state index contributed by atoms with van der Waals surface area (Å²) in [7, 11) is 1.69. The van der Waals surface area contributed by atoms with Crippen molar-refractivity contribution in [3.8, 4) is 5.75 Å². The van der Waals surface area contributed by atoms with Crippen molar-refractivity contribution in [2.45, 2.75) is 12.5 Å². The van der Waals surface area contributed by atoms with Crippen LogP contribution < -0.4 is 10.5 Å². The van der Waals surface area contributed by atoms with E-state index in [9.17, 15) is 0 Å². The van der Waals surface area contributed by atoms with Crippen molar-refractivity contribution in [1.29, 1.82) is 0 Å². The lowest BCUT2D eigenvalue weighted by molar-refractivity contribution is 0.0480. The first-order valence-corrected chi connectivity index (χ1v) is 5.20. The van der Waals surface area contributed by atoms with Crippen LogP contribution in [0.15, 0.2) is 5.38 Å². The number of rotatable bonds is 2. The van der Waals surface area contributed by atoms with Crippen LogP contribution in [-0.4, -0.2) is 20.3 Å². The normalized spacial score (nSPS) is 21.2. The van der Waals surface area contributed by atoms with Crippen LogP contribution in [0.4, 0.5) is 0 Å². The maximum atomic E-state index is 5.62. The quantitative estimate of drug-likeness (QED) is 0.781. The van der Waals surface area contributed by atoms with E-state index in [0.29, 0.717) is 6.54 Å². The van der Waals surface area contributed by atoms with Crippen LogP contribution in [-0.2, 0) is 11.2 Å². The van der Waals surface area contributed by atoms with E-state index in [0.717, 1.165) is 18.8 Å². The second kappa shape index (κ2) is 3.65. The van der Waals surface area contributed by atoms with Crippen LogP contribution >= 0.6 is 11.3 Å². The Labute approximate surface area is 81.5 Å². The van der Waals surface area contributed by atoms with Gasteiger partial charge in [-0.1, -0.05) is 0 Å². The van der Waals surface area contributed by atoms with E-state index in [1.807, 2.05) is 5.38 Å². The highest BCUT2D eigenvalue weighted by Gasteiger charge is 2.25. The topological polar surface area (TPSA) is 44.5 Å². The number of hydrogen-bond acceptors (Lipinski definition) is 4. The Kier molecular flexibility index (Phi) is 2.53. The molecule has 0 aromatic carbocycles. The summed E-state index contributed by atoms with van der Waals surface area (Å²) in [6, 6.07) is 0. The molecule has 2 heterocycles. The van der Waals surface area contributed by atoms with Crippen molar-refractivity contribution >= 4 is 11.3 Å². The second-order valence-electron chi connectivity index (χ2n) is 2.99. The van der Waals surface area contributed by atoms with Crippen LogP contribution in [0.2, 0.25) is 0 Å². The predicted octanol–water partition coefficient (Wildman–Crippen LogP) is 1.33. The Morgan fingerprint density at radius 2 is 2.62 bits per heavy atom. The Balaban J connectivity index is 2.39. The smallest absolute Gasteiger partial charge is 0.135 e. The largest absolute Gasteiger partial charge is 0.495 e. The molecule has 1 aromatic rings. The zero-order chi connectivity index (χ0) is 9.26. The van der Waals surface area contributed by atoms with E-state index in [4.69, 9.17) is 15.2 Å². The number of thiophene rings is 1. The van der Waals surface area contributed by atoms with Gasteiger partial charge in [0.2, 0.25) is 0 Å². The molecule has 0 fully saturated rings. The SMILES string of the molecule is COc1csc2c1C(CN)OCC2. The summed E-state index contributed by atoms with van der Waals surface area (Å²) in [5.74, 6) is 0.926. The first-order chi connectivity index (χ1) is 6.36. The highest BCUT2D eigenvalue weighted by atomic mass is 32.1. The molecule has 72 valence electrons. The number of methoxy groups -OCH3 is 1. The third kappa shape index (κ3) is 1.45. The van der Waals surface area contributed by atoms with E-state index < -0.39 is 0 Å². The first kappa shape index (κ1) is 8.99. The number of hydrogen-bond donors (Lipinski definition) is 1. The fraction of sp³-hybridized carbons (Fsp3) is 0.556. The standard InChI is InChI=1S/C9H13NO2S/c1-11-7-5-13-8-2-3-12-6(4-10)9(7)8/h5-6H,2-4,10H2,1H3. The Morgan fingerprint density at radius 3 is 3.31 bits per heavy atom.